The quantitative estimate of drug-likeness (QED) is 0.414. The molecule has 1 N–H and O–H groups in total. The highest BCUT2D eigenvalue weighted by Gasteiger charge is 2.18. The van der Waals surface area contributed by atoms with Crippen LogP contribution in [0.25, 0.3) is 0 Å². The van der Waals surface area contributed by atoms with E-state index in [-0.39, 0.29) is 31.2 Å². The minimum atomic E-state index is -0.952. The number of carboxylic acid groups (broad SMARTS) is 1. The van der Waals surface area contributed by atoms with Crippen molar-refractivity contribution in [3.63, 3.8) is 0 Å². The summed E-state index contributed by atoms with van der Waals surface area (Å²) in [5.41, 5.74) is 0. The Hall–Kier alpha value is -1.43. The van der Waals surface area contributed by atoms with Crippen LogP contribution in [0.4, 0.5) is 0 Å². The Balaban J connectivity index is 3.74. The molecule has 0 saturated carbocycles. The standard InChI is InChI=1S/C15H26O6/c1-12(16)7-8-13(15(18)19)9-11-21-14(17)6-4-3-5-10-20-2/h13H,3-11H2,1-2H3,(H,18,19). The predicted octanol–water partition coefficient (Wildman–Crippen LogP) is 2.20. The molecule has 0 aliphatic carbocycles. The first-order valence-electron chi connectivity index (χ1n) is 7.34. The Morgan fingerprint density at radius 1 is 1.00 bits per heavy atom. The van der Waals surface area contributed by atoms with Gasteiger partial charge in [-0.1, -0.05) is 6.42 Å². The minimum Gasteiger partial charge on any atom is -0.481 e. The normalized spacial score (nSPS) is 11.9. The predicted molar refractivity (Wildman–Crippen MR) is 77.0 cm³/mol. The highest BCUT2D eigenvalue weighted by Crippen LogP contribution is 2.13. The van der Waals surface area contributed by atoms with Gasteiger partial charge in [0.05, 0.1) is 12.5 Å². The van der Waals surface area contributed by atoms with Gasteiger partial charge in [0.1, 0.15) is 5.78 Å². The van der Waals surface area contributed by atoms with Gasteiger partial charge < -0.3 is 19.4 Å². The molecule has 0 aromatic rings. The third-order valence-electron chi connectivity index (χ3n) is 3.15. The van der Waals surface area contributed by atoms with Crippen LogP contribution in [0.5, 0.6) is 0 Å². The molecule has 122 valence electrons. The van der Waals surface area contributed by atoms with Crippen LogP contribution in [0.15, 0.2) is 0 Å². The highest BCUT2D eigenvalue weighted by molar-refractivity contribution is 5.77. The van der Waals surface area contributed by atoms with Crippen molar-refractivity contribution in [2.24, 2.45) is 5.92 Å². The Kier molecular flexibility index (Phi) is 11.5. The molecule has 6 nitrogen and oxygen atoms in total. The fraction of sp³-hybridized carbons (Fsp3) is 0.800. The molecular formula is C15H26O6. The van der Waals surface area contributed by atoms with E-state index < -0.39 is 11.9 Å². The lowest BCUT2D eigenvalue weighted by atomic mass is 9.99. The van der Waals surface area contributed by atoms with Gasteiger partial charge in [0.15, 0.2) is 0 Å². The number of carboxylic acids is 1. The zero-order chi connectivity index (χ0) is 16.1. The Bertz CT molecular complexity index is 326. The molecule has 6 heteroatoms. The molecule has 1 unspecified atom stereocenters. The number of ether oxygens (including phenoxy) is 2. The lowest BCUT2D eigenvalue weighted by Crippen LogP contribution is -2.18. The van der Waals surface area contributed by atoms with E-state index >= 15 is 0 Å². The van der Waals surface area contributed by atoms with Crippen LogP contribution in [-0.2, 0) is 23.9 Å². The number of hydrogen-bond donors (Lipinski definition) is 1. The lowest BCUT2D eigenvalue weighted by molar-refractivity contribution is -0.148. The largest absolute Gasteiger partial charge is 0.481 e. The van der Waals surface area contributed by atoms with Gasteiger partial charge in [-0.15, -0.1) is 0 Å². The van der Waals surface area contributed by atoms with E-state index in [0.717, 1.165) is 19.3 Å². The van der Waals surface area contributed by atoms with Crippen molar-refractivity contribution in [3.05, 3.63) is 0 Å². The summed E-state index contributed by atoms with van der Waals surface area (Å²) >= 11 is 0. The van der Waals surface area contributed by atoms with Gasteiger partial charge in [0.2, 0.25) is 0 Å². The number of hydrogen-bond acceptors (Lipinski definition) is 5. The number of carbonyl (C=O) groups excluding carboxylic acids is 2. The van der Waals surface area contributed by atoms with Crippen molar-refractivity contribution in [3.8, 4) is 0 Å². The first-order valence-corrected chi connectivity index (χ1v) is 7.34. The summed E-state index contributed by atoms with van der Waals surface area (Å²) in [5, 5.41) is 9.01. The maximum Gasteiger partial charge on any atom is 0.306 e. The summed E-state index contributed by atoms with van der Waals surface area (Å²) < 4.78 is 9.92. The SMILES string of the molecule is COCCCCCC(=O)OCCC(CCC(C)=O)C(=O)O. The van der Waals surface area contributed by atoms with E-state index in [1.165, 1.54) is 6.92 Å². The third-order valence-corrected chi connectivity index (χ3v) is 3.15. The first-order chi connectivity index (χ1) is 9.97. The second-order valence-corrected chi connectivity index (χ2v) is 5.09. The Labute approximate surface area is 125 Å². The molecule has 0 heterocycles. The Morgan fingerprint density at radius 2 is 1.71 bits per heavy atom. The van der Waals surface area contributed by atoms with Crippen molar-refractivity contribution >= 4 is 17.7 Å². The van der Waals surface area contributed by atoms with Crippen LogP contribution in [0.2, 0.25) is 0 Å². The van der Waals surface area contributed by atoms with Crippen LogP contribution >= 0.6 is 0 Å². The lowest BCUT2D eigenvalue weighted by Gasteiger charge is -2.11. The fourth-order valence-corrected chi connectivity index (χ4v) is 1.85. The zero-order valence-electron chi connectivity index (χ0n) is 12.9. The van der Waals surface area contributed by atoms with Crippen molar-refractivity contribution in [1.29, 1.82) is 0 Å². The summed E-state index contributed by atoms with van der Waals surface area (Å²) in [6, 6.07) is 0. The number of esters is 1. The van der Waals surface area contributed by atoms with Crippen LogP contribution in [-0.4, -0.2) is 43.2 Å². The van der Waals surface area contributed by atoms with Gasteiger partial charge in [0, 0.05) is 26.6 Å². The van der Waals surface area contributed by atoms with Crippen molar-refractivity contribution < 1.29 is 29.0 Å². The van der Waals surface area contributed by atoms with Gasteiger partial charge in [-0.05, 0) is 32.6 Å². The summed E-state index contributed by atoms with van der Waals surface area (Å²) in [5.74, 6) is -1.92. The van der Waals surface area contributed by atoms with E-state index in [1.54, 1.807) is 7.11 Å². The van der Waals surface area contributed by atoms with Gasteiger partial charge in [0.25, 0.3) is 0 Å². The average Bonchev–Trinajstić information content (AvgIpc) is 2.41. The molecule has 0 saturated heterocycles. The van der Waals surface area contributed by atoms with Crippen molar-refractivity contribution in [2.75, 3.05) is 20.3 Å². The maximum atomic E-state index is 11.4. The molecule has 0 rings (SSSR count). The summed E-state index contributed by atoms with van der Waals surface area (Å²) in [4.78, 5) is 33.3. The smallest absolute Gasteiger partial charge is 0.306 e. The minimum absolute atomic E-state index is 0.0331. The van der Waals surface area contributed by atoms with Gasteiger partial charge in [-0.2, -0.15) is 0 Å². The fourth-order valence-electron chi connectivity index (χ4n) is 1.85. The molecule has 0 aromatic heterocycles. The van der Waals surface area contributed by atoms with Crippen LogP contribution < -0.4 is 0 Å². The topological polar surface area (TPSA) is 89.9 Å². The number of unbranched alkanes of at least 4 members (excludes halogenated alkanes) is 2. The average molecular weight is 302 g/mol. The highest BCUT2D eigenvalue weighted by atomic mass is 16.5. The number of methoxy groups -OCH3 is 1. The van der Waals surface area contributed by atoms with Crippen molar-refractivity contribution in [1.82, 2.24) is 0 Å². The zero-order valence-corrected chi connectivity index (χ0v) is 12.9. The molecule has 21 heavy (non-hydrogen) atoms. The van der Waals surface area contributed by atoms with Crippen LogP contribution in [0, 0.1) is 5.92 Å². The van der Waals surface area contributed by atoms with Crippen LogP contribution in [0.1, 0.15) is 51.9 Å². The molecule has 0 spiro atoms. The van der Waals surface area contributed by atoms with Gasteiger partial charge in [-0.25, -0.2) is 0 Å². The molecule has 0 amide bonds. The number of Topliss-reactive ketones (excluding diaryl/α,β-unsaturated/α-hetero) is 1. The summed E-state index contributed by atoms with van der Waals surface area (Å²) in [7, 11) is 1.64. The van der Waals surface area contributed by atoms with E-state index in [0.29, 0.717) is 19.4 Å². The van der Waals surface area contributed by atoms with E-state index in [1.807, 2.05) is 0 Å². The second kappa shape index (κ2) is 12.3. The molecular weight excluding hydrogens is 276 g/mol. The van der Waals surface area contributed by atoms with E-state index in [2.05, 4.69) is 0 Å². The van der Waals surface area contributed by atoms with Gasteiger partial charge in [-0.3, -0.25) is 9.59 Å². The molecule has 0 aliphatic heterocycles. The Morgan fingerprint density at radius 3 is 2.29 bits per heavy atom. The summed E-state index contributed by atoms with van der Waals surface area (Å²) in [6.45, 7) is 2.21. The molecule has 0 radical (unpaired) electrons. The molecule has 0 fully saturated rings. The summed E-state index contributed by atoms with van der Waals surface area (Å²) in [6.07, 6.45) is 3.68. The second-order valence-electron chi connectivity index (χ2n) is 5.09. The van der Waals surface area contributed by atoms with Crippen LogP contribution in [0.3, 0.4) is 0 Å². The number of ketones is 1. The maximum absolute atomic E-state index is 11.4. The van der Waals surface area contributed by atoms with Crippen molar-refractivity contribution in [2.45, 2.75) is 51.9 Å². The molecule has 1 atom stereocenters. The number of aliphatic carboxylic acids is 1. The molecule has 0 bridgehead atoms. The first kappa shape index (κ1) is 19.6. The number of carbonyl (C=O) groups is 3. The molecule has 0 aliphatic rings. The van der Waals surface area contributed by atoms with E-state index in [9.17, 15) is 14.4 Å². The van der Waals surface area contributed by atoms with Gasteiger partial charge >= 0.3 is 11.9 Å². The monoisotopic (exact) mass is 302 g/mol. The molecule has 0 aromatic carbocycles. The third kappa shape index (κ3) is 12.1. The van der Waals surface area contributed by atoms with E-state index in [4.69, 9.17) is 14.6 Å². The number of rotatable bonds is 13.